The van der Waals surface area contributed by atoms with Crippen LogP contribution in [-0.4, -0.2) is 27.0 Å². The third kappa shape index (κ3) is 3.53. The van der Waals surface area contributed by atoms with Crippen LogP contribution in [0.25, 0.3) is 0 Å². The maximum Gasteiger partial charge on any atom is 0.433 e. The average Bonchev–Trinajstić information content (AvgIpc) is 2.38. The Bertz CT molecular complexity index is 561. The Morgan fingerprint density at radius 2 is 2.00 bits per heavy atom. The van der Waals surface area contributed by atoms with Gasteiger partial charge in [-0.3, -0.25) is 0 Å². The van der Waals surface area contributed by atoms with Gasteiger partial charge in [-0.2, -0.15) is 13.2 Å². The summed E-state index contributed by atoms with van der Waals surface area (Å²) in [6.45, 7) is 0. The maximum absolute atomic E-state index is 12.7. The number of rotatable bonds is 3. The number of hydrogen-bond donors (Lipinski definition) is 1. The molecule has 5 nitrogen and oxygen atoms in total. The van der Waals surface area contributed by atoms with E-state index in [1.807, 2.05) is 0 Å². The molecule has 0 aliphatic heterocycles. The molecule has 2 aromatic rings. The number of nitrogens with one attached hydrogen (secondary N) is 1. The van der Waals surface area contributed by atoms with Crippen molar-refractivity contribution in [2.75, 3.05) is 12.4 Å². The number of hydrogen-bond acceptors (Lipinski definition) is 6. The summed E-state index contributed by atoms with van der Waals surface area (Å²) in [5.74, 6) is -0.0913. The molecule has 0 saturated carbocycles. The van der Waals surface area contributed by atoms with Crippen molar-refractivity contribution in [3.63, 3.8) is 0 Å². The van der Waals surface area contributed by atoms with Crippen LogP contribution in [0.1, 0.15) is 5.69 Å². The fourth-order valence-electron chi connectivity index (χ4n) is 1.18. The lowest BCUT2D eigenvalue weighted by Crippen LogP contribution is -2.11. The van der Waals surface area contributed by atoms with Gasteiger partial charge in [0.15, 0.2) is 5.69 Å². The summed E-state index contributed by atoms with van der Waals surface area (Å²) in [6.07, 6.45) is -1.71. The highest BCUT2D eigenvalue weighted by Gasteiger charge is 2.33. The fraction of sp³-hybridized carbons (Fsp3) is 0.200. The molecule has 0 bridgehead atoms. The van der Waals surface area contributed by atoms with Crippen LogP contribution in [0.5, 0.6) is 0 Å². The van der Waals surface area contributed by atoms with Gasteiger partial charge in [0.05, 0.1) is 0 Å². The van der Waals surface area contributed by atoms with Crippen molar-refractivity contribution in [3.8, 4) is 0 Å². The molecule has 2 aromatic heterocycles. The summed E-state index contributed by atoms with van der Waals surface area (Å²) in [7, 11) is 1.45. The van der Waals surface area contributed by atoms with Gasteiger partial charge in [-0.05, 0) is 17.8 Å². The van der Waals surface area contributed by atoms with E-state index in [2.05, 4.69) is 25.3 Å². The lowest BCUT2D eigenvalue weighted by atomic mass is 10.4. The zero-order valence-corrected chi connectivity index (χ0v) is 10.5. The summed E-state index contributed by atoms with van der Waals surface area (Å²) in [6, 6.07) is 2.46. The van der Waals surface area contributed by atoms with Crippen LogP contribution < -0.4 is 5.32 Å². The van der Waals surface area contributed by atoms with Crippen LogP contribution in [0.2, 0.25) is 0 Å². The first-order chi connectivity index (χ1) is 8.99. The number of halogens is 3. The topological polar surface area (TPSA) is 63.6 Å². The third-order valence-electron chi connectivity index (χ3n) is 1.98. The maximum atomic E-state index is 12.7. The zero-order chi connectivity index (χ0) is 13.9. The highest BCUT2D eigenvalue weighted by Crippen LogP contribution is 2.32. The molecule has 2 rings (SSSR count). The van der Waals surface area contributed by atoms with Crippen molar-refractivity contribution in [2.45, 2.75) is 16.2 Å². The summed E-state index contributed by atoms with van der Waals surface area (Å²) in [4.78, 5) is 15.0. The second kappa shape index (κ2) is 5.39. The highest BCUT2D eigenvalue weighted by molar-refractivity contribution is 7.99. The van der Waals surface area contributed by atoms with Gasteiger partial charge < -0.3 is 5.32 Å². The first-order valence-electron chi connectivity index (χ1n) is 5.07. The molecular weight excluding hydrogens is 279 g/mol. The minimum atomic E-state index is -4.52. The van der Waals surface area contributed by atoms with E-state index in [4.69, 9.17) is 0 Å². The van der Waals surface area contributed by atoms with E-state index in [0.29, 0.717) is 5.03 Å². The smallest absolute Gasteiger partial charge is 0.357 e. The van der Waals surface area contributed by atoms with Crippen LogP contribution in [0.3, 0.4) is 0 Å². The molecule has 9 heteroatoms. The van der Waals surface area contributed by atoms with E-state index in [1.54, 1.807) is 6.07 Å². The molecule has 1 N–H and O–H groups in total. The second-order valence-electron chi connectivity index (χ2n) is 3.31. The van der Waals surface area contributed by atoms with Gasteiger partial charge in [-0.15, -0.1) is 0 Å². The van der Waals surface area contributed by atoms with E-state index < -0.39 is 11.9 Å². The molecule has 0 atom stereocenters. The molecule has 0 aromatic carbocycles. The van der Waals surface area contributed by atoms with E-state index in [0.717, 1.165) is 17.8 Å². The van der Waals surface area contributed by atoms with Gasteiger partial charge in [0.25, 0.3) is 0 Å². The molecule has 0 aliphatic carbocycles. The summed E-state index contributed by atoms with van der Waals surface area (Å²) < 4.78 is 38.0. The molecule has 0 spiro atoms. The van der Waals surface area contributed by atoms with Crippen LogP contribution in [0.4, 0.5) is 19.1 Å². The van der Waals surface area contributed by atoms with Crippen molar-refractivity contribution in [1.29, 1.82) is 0 Å². The van der Waals surface area contributed by atoms with Crippen molar-refractivity contribution in [3.05, 3.63) is 30.4 Å². The minimum absolute atomic E-state index is 0.0913. The van der Waals surface area contributed by atoms with Crippen molar-refractivity contribution in [2.24, 2.45) is 0 Å². The van der Waals surface area contributed by atoms with E-state index >= 15 is 0 Å². The summed E-state index contributed by atoms with van der Waals surface area (Å²) >= 11 is 1.01. The predicted octanol–water partition coefficient (Wildman–Crippen LogP) is 2.48. The van der Waals surface area contributed by atoms with E-state index in [1.165, 1.54) is 19.6 Å². The average molecular weight is 287 g/mol. The molecular formula is C10H8F3N5S. The first kappa shape index (κ1) is 13.5. The Balaban J connectivity index is 2.35. The quantitative estimate of drug-likeness (QED) is 0.875. The van der Waals surface area contributed by atoms with Gasteiger partial charge in [0.2, 0.25) is 5.95 Å². The van der Waals surface area contributed by atoms with Crippen LogP contribution >= 0.6 is 11.8 Å². The van der Waals surface area contributed by atoms with Crippen molar-refractivity contribution >= 4 is 17.7 Å². The lowest BCUT2D eigenvalue weighted by Gasteiger charge is -2.09. The third-order valence-corrected chi connectivity index (χ3v) is 2.85. The van der Waals surface area contributed by atoms with Crippen LogP contribution in [0.15, 0.2) is 34.7 Å². The lowest BCUT2D eigenvalue weighted by molar-refractivity contribution is -0.141. The van der Waals surface area contributed by atoms with Gasteiger partial charge in [-0.1, -0.05) is 0 Å². The molecule has 2 heterocycles. The largest absolute Gasteiger partial charge is 0.433 e. The number of nitrogens with zero attached hydrogens (tertiary/aromatic N) is 4. The molecule has 0 fully saturated rings. The normalized spacial score (nSPS) is 11.4. The van der Waals surface area contributed by atoms with Gasteiger partial charge in [0, 0.05) is 19.3 Å². The predicted molar refractivity (Wildman–Crippen MR) is 62.7 cm³/mol. The standard InChI is InChI=1S/C10H8F3N5S/c1-14-9-17-6(10(11,12)13)4-8(18-9)19-7-2-3-15-5-16-7/h2-5H,1H3,(H,14,17,18). The molecule has 0 unspecified atom stereocenters. The van der Waals surface area contributed by atoms with Crippen molar-refractivity contribution in [1.82, 2.24) is 19.9 Å². The zero-order valence-electron chi connectivity index (χ0n) is 9.64. The van der Waals surface area contributed by atoms with Gasteiger partial charge in [-0.25, -0.2) is 19.9 Å². The highest BCUT2D eigenvalue weighted by atomic mass is 32.2. The monoisotopic (exact) mass is 287 g/mol. The van der Waals surface area contributed by atoms with Gasteiger partial charge >= 0.3 is 6.18 Å². The Morgan fingerprint density at radius 1 is 1.21 bits per heavy atom. The Labute approximate surface area is 110 Å². The molecule has 100 valence electrons. The fourth-order valence-corrected chi connectivity index (χ4v) is 1.93. The second-order valence-corrected chi connectivity index (χ2v) is 4.35. The Morgan fingerprint density at radius 3 is 2.58 bits per heavy atom. The summed E-state index contributed by atoms with van der Waals surface area (Å²) in [5, 5.41) is 3.16. The SMILES string of the molecule is CNc1nc(Sc2ccncn2)cc(C(F)(F)F)n1. The van der Waals surface area contributed by atoms with Crippen LogP contribution in [-0.2, 0) is 6.18 Å². The van der Waals surface area contributed by atoms with E-state index in [-0.39, 0.29) is 11.0 Å². The van der Waals surface area contributed by atoms with E-state index in [9.17, 15) is 13.2 Å². The molecule has 0 aliphatic rings. The van der Waals surface area contributed by atoms with Crippen molar-refractivity contribution < 1.29 is 13.2 Å². The number of aromatic nitrogens is 4. The Hall–Kier alpha value is -1.90. The minimum Gasteiger partial charge on any atom is -0.357 e. The summed E-state index contributed by atoms with van der Waals surface area (Å²) in [5.41, 5.74) is -0.997. The molecule has 0 saturated heterocycles. The first-order valence-corrected chi connectivity index (χ1v) is 5.88. The number of alkyl halides is 3. The van der Waals surface area contributed by atoms with Gasteiger partial charge in [0.1, 0.15) is 16.4 Å². The molecule has 0 radical (unpaired) electrons. The van der Waals surface area contributed by atoms with Crippen LogP contribution in [0, 0.1) is 0 Å². The Kier molecular flexibility index (Phi) is 3.84. The molecule has 19 heavy (non-hydrogen) atoms. The number of anilines is 1. The molecule has 0 amide bonds.